The van der Waals surface area contributed by atoms with Crippen LogP contribution in [0.2, 0.25) is 0 Å². The lowest BCUT2D eigenvalue weighted by Gasteiger charge is -2.07. The number of carbonyl (C=O) groups excluding carboxylic acids is 2. The van der Waals surface area contributed by atoms with Crippen LogP contribution in [-0.2, 0) is 11.4 Å². The Balaban J connectivity index is 1.87. The minimum Gasteiger partial charge on any atom is -0.489 e. The molecule has 0 unspecified atom stereocenters. The van der Waals surface area contributed by atoms with Crippen molar-refractivity contribution in [2.75, 3.05) is 13.1 Å². The molecule has 6 heteroatoms. The number of furan rings is 1. The Hall–Kier alpha value is -2.76. The van der Waals surface area contributed by atoms with Gasteiger partial charge >= 0.3 is 0 Å². The van der Waals surface area contributed by atoms with Gasteiger partial charge in [-0.15, -0.1) is 0 Å². The first kappa shape index (κ1) is 16.6. The average molecular weight is 316 g/mol. The van der Waals surface area contributed by atoms with E-state index in [1.807, 2.05) is 37.3 Å². The van der Waals surface area contributed by atoms with Crippen LogP contribution in [0.4, 0.5) is 0 Å². The van der Waals surface area contributed by atoms with Crippen LogP contribution in [0.15, 0.2) is 47.1 Å². The third-order valence-corrected chi connectivity index (χ3v) is 3.07. The van der Waals surface area contributed by atoms with Gasteiger partial charge in [-0.25, -0.2) is 0 Å². The van der Waals surface area contributed by atoms with E-state index >= 15 is 0 Å². The molecule has 0 aliphatic carbocycles. The molecule has 1 aromatic carbocycles. The summed E-state index contributed by atoms with van der Waals surface area (Å²) in [7, 11) is 0. The van der Waals surface area contributed by atoms with E-state index in [-0.39, 0.29) is 24.8 Å². The Morgan fingerprint density at radius 3 is 2.65 bits per heavy atom. The smallest absolute Gasteiger partial charge is 0.287 e. The number of hydrogen-bond acceptors (Lipinski definition) is 4. The van der Waals surface area contributed by atoms with E-state index in [4.69, 9.17) is 9.15 Å². The summed E-state index contributed by atoms with van der Waals surface area (Å²) in [6.45, 7) is 2.68. The summed E-state index contributed by atoms with van der Waals surface area (Å²) < 4.78 is 10.8. The molecule has 6 nitrogen and oxygen atoms in total. The number of ether oxygens (including phenoxy) is 1. The fraction of sp³-hybridized carbons (Fsp3) is 0.294. The molecule has 0 aliphatic heterocycles. The molecule has 0 aliphatic rings. The van der Waals surface area contributed by atoms with Crippen molar-refractivity contribution in [2.24, 2.45) is 0 Å². The topological polar surface area (TPSA) is 80.6 Å². The van der Waals surface area contributed by atoms with E-state index in [9.17, 15) is 9.59 Å². The zero-order valence-corrected chi connectivity index (χ0v) is 13.0. The quantitative estimate of drug-likeness (QED) is 0.781. The lowest BCUT2D eigenvalue weighted by atomic mass is 10.2. The zero-order chi connectivity index (χ0) is 16.5. The van der Waals surface area contributed by atoms with Crippen molar-refractivity contribution in [3.8, 4) is 5.75 Å². The van der Waals surface area contributed by atoms with Crippen LogP contribution >= 0.6 is 0 Å². The number of nitrogens with one attached hydrogen (secondary N) is 2. The van der Waals surface area contributed by atoms with Gasteiger partial charge < -0.3 is 19.8 Å². The van der Waals surface area contributed by atoms with Gasteiger partial charge in [-0.3, -0.25) is 9.59 Å². The molecule has 0 fully saturated rings. The summed E-state index contributed by atoms with van der Waals surface area (Å²) >= 11 is 0. The van der Waals surface area contributed by atoms with Crippen molar-refractivity contribution in [3.63, 3.8) is 0 Å². The Labute approximate surface area is 134 Å². The minimum absolute atomic E-state index is 0.0848. The molecule has 122 valence electrons. The first-order chi connectivity index (χ1) is 11.2. The van der Waals surface area contributed by atoms with E-state index in [0.717, 1.165) is 6.42 Å². The van der Waals surface area contributed by atoms with Crippen LogP contribution in [0.25, 0.3) is 0 Å². The predicted octanol–water partition coefficient (Wildman–Crippen LogP) is 2.11. The van der Waals surface area contributed by atoms with Gasteiger partial charge in [-0.2, -0.15) is 0 Å². The first-order valence-electron chi connectivity index (χ1n) is 7.49. The molecule has 0 radical (unpaired) electrons. The van der Waals surface area contributed by atoms with Gasteiger partial charge in [0.1, 0.15) is 12.4 Å². The SMILES string of the molecule is CCCNC(=O)CNC(=O)c1occc1COc1ccccc1. The van der Waals surface area contributed by atoms with Crippen LogP contribution < -0.4 is 15.4 Å². The Morgan fingerprint density at radius 1 is 1.13 bits per heavy atom. The van der Waals surface area contributed by atoms with Crippen LogP contribution in [0.5, 0.6) is 5.75 Å². The van der Waals surface area contributed by atoms with E-state index in [1.54, 1.807) is 6.07 Å². The van der Waals surface area contributed by atoms with Crippen molar-refractivity contribution >= 4 is 11.8 Å². The molecular formula is C17H20N2O4. The second-order valence-electron chi connectivity index (χ2n) is 4.91. The Morgan fingerprint density at radius 2 is 1.91 bits per heavy atom. The molecule has 0 spiro atoms. The maximum Gasteiger partial charge on any atom is 0.287 e. The van der Waals surface area contributed by atoms with E-state index in [0.29, 0.717) is 17.9 Å². The molecular weight excluding hydrogens is 296 g/mol. The maximum absolute atomic E-state index is 12.1. The third kappa shape index (κ3) is 5.18. The van der Waals surface area contributed by atoms with Gasteiger partial charge in [0, 0.05) is 12.1 Å². The molecule has 2 amide bonds. The average Bonchev–Trinajstić information content (AvgIpc) is 3.05. The molecule has 2 aromatic rings. The molecule has 0 atom stereocenters. The highest BCUT2D eigenvalue weighted by Gasteiger charge is 2.16. The summed E-state index contributed by atoms with van der Waals surface area (Å²) in [6.07, 6.45) is 2.27. The summed E-state index contributed by atoms with van der Waals surface area (Å²) in [5, 5.41) is 5.22. The molecule has 23 heavy (non-hydrogen) atoms. The molecule has 1 heterocycles. The molecule has 1 aromatic heterocycles. The van der Waals surface area contributed by atoms with Gasteiger partial charge in [-0.05, 0) is 24.6 Å². The summed E-state index contributed by atoms with van der Waals surface area (Å²) in [4.78, 5) is 23.6. The Bertz CT molecular complexity index is 637. The molecule has 2 rings (SSSR count). The molecule has 0 saturated carbocycles. The second kappa shape index (κ2) is 8.63. The molecule has 0 bridgehead atoms. The zero-order valence-electron chi connectivity index (χ0n) is 13.0. The highest BCUT2D eigenvalue weighted by Crippen LogP contribution is 2.15. The summed E-state index contributed by atoms with van der Waals surface area (Å²) in [6, 6.07) is 11.0. The van der Waals surface area contributed by atoms with Gasteiger partial charge in [-0.1, -0.05) is 25.1 Å². The highest BCUT2D eigenvalue weighted by atomic mass is 16.5. The van der Waals surface area contributed by atoms with Gasteiger partial charge in [0.15, 0.2) is 5.76 Å². The first-order valence-corrected chi connectivity index (χ1v) is 7.49. The lowest BCUT2D eigenvalue weighted by molar-refractivity contribution is -0.120. The van der Waals surface area contributed by atoms with Crippen molar-refractivity contribution in [3.05, 3.63) is 54.0 Å². The van der Waals surface area contributed by atoms with E-state index < -0.39 is 5.91 Å². The summed E-state index contributed by atoms with van der Waals surface area (Å²) in [5.74, 6) is 0.199. The largest absolute Gasteiger partial charge is 0.489 e. The van der Waals surface area contributed by atoms with Crippen LogP contribution in [0, 0.1) is 0 Å². The normalized spacial score (nSPS) is 10.1. The number of para-hydroxylation sites is 1. The third-order valence-electron chi connectivity index (χ3n) is 3.07. The van der Waals surface area contributed by atoms with Crippen molar-refractivity contribution < 1.29 is 18.7 Å². The number of rotatable bonds is 8. The number of hydrogen-bond donors (Lipinski definition) is 2. The van der Waals surface area contributed by atoms with Gasteiger partial charge in [0.05, 0.1) is 12.8 Å². The van der Waals surface area contributed by atoms with Crippen molar-refractivity contribution in [1.29, 1.82) is 0 Å². The van der Waals surface area contributed by atoms with Crippen LogP contribution in [0.1, 0.15) is 29.5 Å². The van der Waals surface area contributed by atoms with E-state index in [1.165, 1.54) is 6.26 Å². The maximum atomic E-state index is 12.1. The number of carbonyl (C=O) groups is 2. The Kier molecular flexibility index (Phi) is 6.23. The fourth-order valence-corrected chi connectivity index (χ4v) is 1.89. The standard InChI is InChI=1S/C17H20N2O4/c1-2-9-18-15(20)11-19-17(21)16-13(8-10-22-16)12-23-14-6-4-3-5-7-14/h3-8,10H,2,9,11-12H2,1H3,(H,18,20)(H,19,21). The molecule has 2 N–H and O–H groups in total. The lowest BCUT2D eigenvalue weighted by Crippen LogP contribution is -2.37. The number of benzene rings is 1. The molecule has 0 saturated heterocycles. The fourth-order valence-electron chi connectivity index (χ4n) is 1.89. The van der Waals surface area contributed by atoms with Crippen LogP contribution in [-0.4, -0.2) is 24.9 Å². The predicted molar refractivity (Wildman–Crippen MR) is 85.1 cm³/mol. The summed E-state index contributed by atoms with van der Waals surface area (Å²) in [5.41, 5.74) is 0.625. The second-order valence-corrected chi connectivity index (χ2v) is 4.91. The van der Waals surface area contributed by atoms with Crippen molar-refractivity contribution in [2.45, 2.75) is 20.0 Å². The number of amides is 2. The van der Waals surface area contributed by atoms with Gasteiger partial charge in [0.2, 0.25) is 5.91 Å². The highest BCUT2D eigenvalue weighted by molar-refractivity contribution is 5.95. The van der Waals surface area contributed by atoms with E-state index in [2.05, 4.69) is 10.6 Å². The van der Waals surface area contributed by atoms with Crippen molar-refractivity contribution in [1.82, 2.24) is 10.6 Å². The van der Waals surface area contributed by atoms with Crippen LogP contribution in [0.3, 0.4) is 0 Å². The minimum atomic E-state index is -0.437. The monoisotopic (exact) mass is 316 g/mol. The van der Waals surface area contributed by atoms with Gasteiger partial charge in [0.25, 0.3) is 5.91 Å².